The molecule has 1 unspecified atom stereocenters. The lowest BCUT2D eigenvalue weighted by atomic mass is 9.86. The molecule has 0 saturated heterocycles. The second kappa shape index (κ2) is 11.4. The standard InChI is InChI=1S/C30H34ClN3O4/c1-7-18(2)38-27-17-24-20(15-26(27)37-6)16-28(36)34(22-13-11-21(12-14-22)33(4)5)30(24)23-9-8-10-25(31)29(23)32-19(3)35/h8-15,17-18,30H,7,16H2,1-6H3,(H,32,35)/t18-,30?/m1/s1. The van der Waals surface area contributed by atoms with Crippen molar-refractivity contribution in [2.75, 3.05) is 36.3 Å². The second-order valence-electron chi connectivity index (χ2n) is 9.68. The van der Waals surface area contributed by atoms with Crippen LogP contribution in [0.3, 0.4) is 0 Å². The minimum Gasteiger partial charge on any atom is -0.493 e. The van der Waals surface area contributed by atoms with Gasteiger partial charge in [0.05, 0.1) is 36.4 Å². The molecule has 4 rings (SSSR count). The first-order valence-corrected chi connectivity index (χ1v) is 13.0. The van der Waals surface area contributed by atoms with Crippen molar-refractivity contribution in [1.82, 2.24) is 0 Å². The Balaban J connectivity index is 1.98. The van der Waals surface area contributed by atoms with Crippen molar-refractivity contribution in [1.29, 1.82) is 0 Å². The quantitative estimate of drug-likeness (QED) is 0.370. The van der Waals surface area contributed by atoms with E-state index in [0.29, 0.717) is 27.8 Å². The van der Waals surface area contributed by atoms with Gasteiger partial charge >= 0.3 is 0 Å². The molecule has 3 aromatic carbocycles. The Morgan fingerprint density at radius 3 is 2.45 bits per heavy atom. The van der Waals surface area contributed by atoms with Gasteiger partial charge < -0.3 is 24.6 Å². The average molecular weight is 536 g/mol. The van der Waals surface area contributed by atoms with Crippen LogP contribution < -0.4 is 24.6 Å². The predicted octanol–water partition coefficient (Wildman–Crippen LogP) is 6.23. The van der Waals surface area contributed by atoms with Crippen LogP contribution in [0.1, 0.15) is 49.9 Å². The molecule has 3 aromatic rings. The number of methoxy groups -OCH3 is 1. The number of fused-ring (bicyclic) bond motifs is 1. The third kappa shape index (κ3) is 5.43. The number of carbonyl (C=O) groups excluding carboxylic acids is 2. The molecule has 0 radical (unpaired) electrons. The highest BCUT2D eigenvalue weighted by molar-refractivity contribution is 6.34. The SMILES string of the molecule is CC[C@@H](C)Oc1cc2c(cc1OC)CC(=O)N(c1ccc(N(C)C)cc1)C2c1cccc(Cl)c1NC(C)=O. The number of hydrogen-bond donors (Lipinski definition) is 1. The van der Waals surface area contributed by atoms with Crippen LogP contribution in [0.2, 0.25) is 5.02 Å². The highest BCUT2D eigenvalue weighted by atomic mass is 35.5. The van der Waals surface area contributed by atoms with E-state index in [-0.39, 0.29) is 24.3 Å². The number of carbonyl (C=O) groups is 2. The van der Waals surface area contributed by atoms with Crippen molar-refractivity contribution in [2.45, 2.75) is 45.8 Å². The molecule has 1 N–H and O–H groups in total. The number of rotatable bonds is 8. The highest BCUT2D eigenvalue weighted by Gasteiger charge is 2.37. The fraction of sp³-hybridized carbons (Fsp3) is 0.333. The molecule has 1 heterocycles. The molecule has 0 spiro atoms. The normalized spacial score (nSPS) is 15.5. The van der Waals surface area contributed by atoms with Crippen molar-refractivity contribution in [3.63, 3.8) is 0 Å². The number of halogens is 1. The minimum absolute atomic E-state index is 0.0265. The molecule has 0 aliphatic carbocycles. The summed E-state index contributed by atoms with van der Waals surface area (Å²) in [6.45, 7) is 5.50. The van der Waals surface area contributed by atoms with Crippen molar-refractivity contribution in [3.05, 3.63) is 76.3 Å². The van der Waals surface area contributed by atoms with Gasteiger partial charge in [0.1, 0.15) is 0 Å². The van der Waals surface area contributed by atoms with E-state index >= 15 is 0 Å². The molecule has 38 heavy (non-hydrogen) atoms. The molecule has 7 nitrogen and oxygen atoms in total. The number of anilines is 3. The van der Waals surface area contributed by atoms with E-state index in [1.807, 2.05) is 74.4 Å². The summed E-state index contributed by atoms with van der Waals surface area (Å²) in [6.07, 6.45) is 0.992. The van der Waals surface area contributed by atoms with Crippen molar-refractivity contribution in [2.24, 2.45) is 0 Å². The zero-order valence-electron chi connectivity index (χ0n) is 22.7. The van der Waals surface area contributed by atoms with Crippen LogP contribution >= 0.6 is 11.6 Å². The number of nitrogens with zero attached hydrogens (tertiary/aromatic N) is 2. The zero-order chi connectivity index (χ0) is 27.6. The lowest BCUT2D eigenvalue weighted by Crippen LogP contribution is -2.41. The van der Waals surface area contributed by atoms with Crippen molar-refractivity contribution < 1.29 is 19.1 Å². The molecule has 200 valence electrons. The van der Waals surface area contributed by atoms with Gasteiger partial charge in [-0.3, -0.25) is 9.59 Å². The van der Waals surface area contributed by atoms with Gasteiger partial charge in [-0.1, -0.05) is 30.7 Å². The molecular formula is C30H34ClN3O4. The summed E-state index contributed by atoms with van der Waals surface area (Å²) in [5.74, 6) is 0.851. The number of hydrogen-bond acceptors (Lipinski definition) is 5. The molecular weight excluding hydrogens is 502 g/mol. The minimum atomic E-state index is -0.567. The summed E-state index contributed by atoms with van der Waals surface area (Å²) < 4.78 is 11.9. The van der Waals surface area contributed by atoms with Gasteiger partial charge in [-0.15, -0.1) is 0 Å². The maximum Gasteiger partial charge on any atom is 0.232 e. The van der Waals surface area contributed by atoms with E-state index in [1.165, 1.54) is 6.92 Å². The third-order valence-corrected chi connectivity index (χ3v) is 7.09. The Labute approximate surface area is 229 Å². The first-order valence-electron chi connectivity index (χ1n) is 12.7. The van der Waals surface area contributed by atoms with Crippen LogP contribution in [-0.2, 0) is 16.0 Å². The van der Waals surface area contributed by atoms with Gasteiger partial charge in [0, 0.05) is 38.0 Å². The monoisotopic (exact) mass is 535 g/mol. The Morgan fingerprint density at radius 1 is 1.13 bits per heavy atom. The van der Waals surface area contributed by atoms with Gasteiger partial charge in [0.25, 0.3) is 0 Å². The van der Waals surface area contributed by atoms with E-state index in [4.69, 9.17) is 21.1 Å². The van der Waals surface area contributed by atoms with Gasteiger partial charge in [-0.25, -0.2) is 0 Å². The Kier molecular flexibility index (Phi) is 8.17. The number of amides is 2. The van der Waals surface area contributed by atoms with Gasteiger partial charge in [-0.2, -0.15) is 0 Å². The number of para-hydroxylation sites is 1. The first kappa shape index (κ1) is 27.3. The first-order chi connectivity index (χ1) is 18.1. The van der Waals surface area contributed by atoms with Crippen LogP contribution in [0.25, 0.3) is 0 Å². The summed E-state index contributed by atoms with van der Waals surface area (Å²) in [4.78, 5) is 29.8. The number of ether oxygens (including phenoxy) is 2. The maximum atomic E-state index is 13.8. The number of benzene rings is 3. The van der Waals surface area contributed by atoms with Crippen molar-refractivity contribution in [3.8, 4) is 11.5 Å². The molecule has 1 aliphatic heterocycles. The molecule has 0 fully saturated rings. The molecule has 0 saturated carbocycles. The molecule has 1 aliphatic rings. The molecule has 0 aromatic heterocycles. The summed E-state index contributed by atoms with van der Waals surface area (Å²) >= 11 is 6.60. The third-order valence-electron chi connectivity index (χ3n) is 6.78. The van der Waals surface area contributed by atoms with E-state index < -0.39 is 6.04 Å². The van der Waals surface area contributed by atoms with Crippen LogP contribution in [0, 0.1) is 0 Å². The lowest BCUT2D eigenvalue weighted by Gasteiger charge is -2.39. The largest absolute Gasteiger partial charge is 0.493 e. The Bertz CT molecular complexity index is 1340. The molecule has 2 amide bonds. The van der Waals surface area contributed by atoms with Crippen molar-refractivity contribution >= 4 is 40.5 Å². The maximum absolute atomic E-state index is 13.8. The molecule has 0 bridgehead atoms. The number of nitrogens with one attached hydrogen (secondary N) is 1. The van der Waals surface area contributed by atoms with Gasteiger partial charge in [-0.05, 0) is 66.9 Å². The van der Waals surface area contributed by atoms with Crippen LogP contribution in [0.4, 0.5) is 17.1 Å². The average Bonchev–Trinajstić information content (AvgIpc) is 2.88. The summed E-state index contributed by atoms with van der Waals surface area (Å²) in [5.41, 5.74) is 4.66. The summed E-state index contributed by atoms with van der Waals surface area (Å²) in [7, 11) is 5.54. The fourth-order valence-corrected chi connectivity index (χ4v) is 4.93. The highest BCUT2D eigenvalue weighted by Crippen LogP contribution is 2.46. The summed E-state index contributed by atoms with van der Waals surface area (Å²) in [5, 5.41) is 3.28. The zero-order valence-corrected chi connectivity index (χ0v) is 23.4. The van der Waals surface area contributed by atoms with Crippen LogP contribution in [0.5, 0.6) is 11.5 Å². The molecule has 2 atom stereocenters. The fourth-order valence-electron chi connectivity index (χ4n) is 4.70. The van der Waals surface area contributed by atoms with Crippen LogP contribution in [-0.4, -0.2) is 39.1 Å². The second-order valence-corrected chi connectivity index (χ2v) is 10.1. The Hall–Kier alpha value is -3.71. The van der Waals surface area contributed by atoms with E-state index in [1.54, 1.807) is 18.1 Å². The topological polar surface area (TPSA) is 71.1 Å². The smallest absolute Gasteiger partial charge is 0.232 e. The van der Waals surface area contributed by atoms with E-state index in [9.17, 15) is 9.59 Å². The lowest BCUT2D eigenvalue weighted by molar-refractivity contribution is -0.118. The Morgan fingerprint density at radius 2 is 1.84 bits per heavy atom. The van der Waals surface area contributed by atoms with E-state index in [0.717, 1.165) is 28.9 Å². The van der Waals surface area contributed by atoms with E-state index in [2.05, 4.69) is 12.2 Å². The summed E-state index contributed by atoms with van der Waals surface area (Å²) in [6, 6.07) is 16.6. The van der Waals surface area contributed by atoms with Gasteiger partial charge in [0.2, 0.25) is 11.8 Å². The van der Waals surface area contributed by atoms with Gasteiger partial charge in [0.15, 0.2) is 11.5 Å². The predicted molar refractivity (Wildman–Crippen MR) is 153 cm³/mol. The molecule has 8 heteroatoms. The van der Waals surface area contributed by atoms with Crippen LogP contribution in [0.15, 0.2) is 54.6 Å².